The van der Waals surface area contributed by atoms with Crippen molar-refractivity contribution < 1.29 is 22.7 Å². The third-order valence-corrected chi connectivity index (χ3v) is 4.08. The summed E-state index contributed by atoms with van der Waals surface area (Å²) in [6.45, 7) is 2.90. The van der Waals surface area contributed by atoms with Gasteiger partial charge >= 0.3 is 12.2 Å². The molecule has 0 saturated heterocycles. The Morgan fingerprint density at radius 1 is 1.33 bits per heavy atom. The van der Waals surface area contributed by atoms with Crippen LogP contribution >= 0.6 is 0 Å². The highest BCUT2D eigenvalue weighted by Crippen LogP contribution is 2.29. The fraction of sp³-hybridized carbons (Fsp3) is 0.625. The van der Waals surface area contributed by atoms with Crippen LogP contribution in [0, 0.1) is 5.92 Å². The molecule has 2 N–H and O–H groups in total. The number of urea groups is 1. The van der Waals surface area contributed by atoms with Crippen molar-refractivity contribution in [2.24, 2.45) is 5.92 Å². The number of anilines is 1. The predicted octanol–water partition coefficient (Wildman–Crippen LogP) is 3.82. The lowest BCUT2D eigenvalue weighted by Crippen LogP contribution is -2.34. The van der Waals surface area contributed by atoms with Crippen LogP contribution in [0.15, 0.2) is 18.3 Å². The second-order valence-corrected chi connectivity index (χ2v) is 5.98. The smallest absolute Gasteiger partial charge is 0.376 e. The van der Waals surface area contributed by atoms with E-state index in [1.165, 1.54) is 12.8 Å². The number of nitrogens with zero attached hydrogens (tertiary/aromatic N) is 1. The molecule has 0 aliphatic heterocycles. The highest BCUT2D eigenvalue weighted by molar-refractivity contribution is 5.88. The lowest BCUT2D eigenvalue weighted by Gasteiger charge is -2.28. The van der Waals surface area contributed by atoms with E-state index >= 15 is 0 Å². The van der Waals surface area contributed by atoms with E-state index in [1.807, 2.05) is 0 Å². The minimum atomic E-state index is -4.44. The molecule has 1 aliphatic carbocycles. The van der Waals surface area contributed by atoms with Crippen molar-refractivity contribution in [2.75, 3.05) is 18.5 Å². The molecule has 134 valence electrons. The van der Waals surface area contributed by atoms with Crippen molar-refractivity contribution in [3.05, 3.63) is 23.9 Å². The summed E-state index contributed by atoms with van der Waals surface area (Å²) in [5.41, 5.74) is -0.858. The molecule has 24 heavy (non-hydrogen) atoms. The lowest BCUT2D eigenvalue weighted by molar-refractivity contribution is -0.137. The minimum Gasteiger partial charge on any atom is -0.376 e. The summed E-state index contributed by atoms with van der Waals surface area (Å²) in [4.78, 5) is 15.2. The first-order valence-corrected chi connectivity index (χ1v) is 8.06. The fourth-order valence-electron chi connectivity index (χ4n) is 2.70. The summed E-state index contributed by atoms with van der Waals surface area (Å²) in [5, 5.41) is 4.98. The van der Waals surface area contributed by atoms with Crippen LogP contribution in [-0.4, -0.2) is 30.3 Å². The normalized spacial score (nSPS) is 21.3. The van der Waals surface area contributed by atoms with Crippen LogP contribution in [-0.2, 0) is 10.9 Å². The van der Waals surface area contributed by atoms with Gasteiger partial charge in [0, 0.05) is 12.7 Å². The van der Waals surface area contributed by atoms with E-state index in [9.17, 15) is 18.0 Å². The molecule has 1 aromatic heterocycles. The van der Waals surface area contributed by atoms with Gasteiger partial charge in [-0.3, -0.25) is 5.32 Å². The van der Waals surface area contributed by atoms with Gasteiger partial charge in [0.05, 0.1) is 18.3 Å². The first kappa shape index (κ1) is 18.5. The molecule has 1 heterocycles. The van der Waals surface area contributed by atoms with Crippen molar-refractivity contribution in [1.29, 1.82) is 0 Å². The number of pyridine rings is 1. The van der Waals surface area contributed by atoms with Gasteiger partial charge in [0.1, 0.15) is 5.82 Å². The Hall–Kier alpha value is -1.83. The molecule has 2 amide bonds. The number of carbonyl (C=O) groups excluding carboxylic acids is 1. The van der Waals surface area contributed by atoms with Gasteiger partial charge in [-0.2, -0.15) is 13.2 Å². The molecule has 0 unspecified atom stereocenters. The average Bonchev–Trinajstić information content (AvgIpc) is 2.53. The first-order chi connectivity index (χ1) is 11.4. The van der Waals surface area contributed by atoms with E-state index < -0.39 is 17.8 Å². The average molecular weight is 345 g/mol. The Morgan fingerprint density at radius 3 is 2.71 bits per heavy atom. The van der Waals surface area contributed by atoms with Gasteiger partial charge in [-0.05, 0) is 30.9 Å². The SMILES string of the molecule is C[C@@H]1CCCC[C@@H]1OCCNC(=O)Nc1ccc(C(F)(F)F)cn1. The highest BCUT2D eigenvalue weighted by atomic mass is 19.4. The third kappa shape index (κ3) is 5.67. The third-order valence-electron chi connectivity index (χ3n) is 4.08. The van der Waals surface area contributed by atoms with Gasteiger partial charge < -0.3 is 10.1 Å². The van der Waals surface area contributed by atoms with Crippen LogP contribution in [0.5, 0.6) is 0 Å². The number of aromatic nitrogens is 1. The van der Waals surface area contributed by atoms with Gasteiger partial charge in [0.15, 0.2) is 0 Å². The Bertz CT molecular complexity index is 534. The Labute approximate surface area is 139 Å². The molecule has 0 spiro atoms. The molecule has 0 radical (unpaired) electrons. The molecule has 1 fully saturated rings. The summed E-state index contributed by atoms with van der Waals surface area (Å²) in [6.07, 6.45) is 1.09. The number of ether oxygens (including phenoxy) is 1. The molecule has 2 rings (SSSR count). The fourth-order valence-corrected chi connectivity index (χ4v) is 2.70. The van der Waals surface area contributed by atoms with Gasteiger partial charge in [-0.1, -0.05) is 19.8 Å². The zero-order valence-corrected chi connectivity index (χ0v) is 13.5. The van der Waals surface area contributed by atoms with Gasteiger partial charge in [-0.25, -0.2) is 9.78 Å². The van der Waals surface area contributed by atoms with Crippen LogP contribution in [0.4, 0.5) is 23.8 Å². The highest BCUT2D eigenvalue weighted by Gasteiger charge is 2.30. The van der Waals surface area contributed by atoms with E-state index in [0.29, 0.717) is 25.3 Å². The van der Waals surface area contributed by atoms with Crippen molar-refractivity contribution in [1.82, 2.24) is 10.3 Å². The Morgan fingerprint density at radius 2 is 2.08 bits per heavy atom. The van der Waals surface area contributed by atoms with Crippen LogP contribution in [0.25, 0.3) is 0 Å². The monoisotopic (exact) mass is 345 g/mol. The number of nitrogens with one attached hydrogen (secondary N) is 2. The van der Waals surface area contributed by atoms with Crippen LogP contribution in [0.3, 0.4) is 0 Å². The maximum atomic E-state index is 12.4. The number of amides is 2. The minimum absolute atomic E-state index is 0.0577. The number of hydrogen-bond acceptors (Lipinski definition) is 3. The first-order valence-electron chi connectivity index (χ1n) is 8.06. The number of rotatable bonds is 5. The number of hydrogen-bond donors (Lipinski definition) is 2. The van der Waals surface area contributed by atoms with E-state index in [1.54, 1.807) is 0 Å². The van der Waals surface area contributed by atoms with Crippen molar-refractivity contribution in [3.8, 4) is 0 Å². The molecular formula is C16H22F3N3O2. The summed E-state index contributed by atoms with van der Waals surface area (Å²) in [5.74, 6) is 0.589. The Kier molecular flexibility index (Phi) is 6.42. The van der Waals surface area contributed by atoms with Crippen LogP contribution < -0.4 is 10.6 Å². The number of halogens is 3. The summed E-state index contributed by atoms with van der Waals surface area (Å²) < 4.78 is 43.0. The maximum absolute atomic E-state index is 12.4. The maximum Gasteiger partial charge on any atom is 0.417 e. The molecule has 5 nitrogen and oxygen atoms in total. The van der Waals surface area contributed by atoms with E-state index in [2.05, 4.69) is 22.5 Å². The second kappa shape index (κ2) is 8.32. The summed E-state index contributed by atoms with van der Waals surface area (Å²) in [6, 6.07) is 1.46. The van der Waals surface area contributed by atoms with Crippen LogP contribution in [0.1, 0.15) is 38.2 Å². The van der Waals surface area contributed by atoms with Gasteiger partial charge in [0.25, 0.3) is 0 Å². The largest absolute Gasteiger partial charge is 0.417 e. The lowest BCUT2D eigenvalue weighted by atomic mass is 9.88. The summed E-state index contributed by atoms with van der Waals surface area (Å²) in [7, 11) is 0. The van der Waals surface area contributed by atoms with E-state index in [-0.39, 0.29) is 11.9 Å². The molecule has 1 aromatic rings. The quantitative estimate of drug-likeness (QED) is 0.798. The second-order valence-electron chi connectivity index (χ2n) is 5.98. The number of alkyl halides is 3. The van der Waals surface area contributed by atoms with Crippen LogP contribution in [0.2, 0.25) is 0 Å². The van der Waals surface area contributed by atoms with E-state index in [4.69, 9.17) is 4.74 Å². The number of carbonyl (C=O) groups is 1. The molecule has 1 saturated carbocycles. The zero-order chi connectivity index (χ0) is 17.6. The van der Waals surface area contributed by atoms with Crippen molar-refractivity contribution >= 4 is 11.8 Å². The standard InChI is InChI=1S/C16H22F3N3O2/c1-11-4-2-3-5-13(11)24-9-8-20-15(23)22-14-7-6-12(10-21-14)16(17,18)19/h6-7,10-11,13H,2-5,8-9H2,1H3,(H2,20,21,22,23)/t11-,13+/m1/s1. The van der Waals surface area contributed by atoms with Gasteiger partial charge in [-0.15, -0.1) is 0 Å². The molecular weight excluding hydrogens is 323 g/mol. The molecule has 0 bridgehead atoms. The predicted molar refractivity (Wildman–Crippen MR) is 83.6 cm³/mol. The zero-order valence-electron chi connectivity index (χ0n) is 13.5. The van der Waals surface area contributed by atoms with Gasteiger partial charge in [0.2, 0.25) is 0 Å². The van der Waals surface area contributed by atoms with Crippen molar-refractivity contribution in [2.45, 2.75) is 44.9 Å². The van der Waals surface area contributed by atoms with E-state index in [0.717, 1.165) is 25.0 Å². The van der Waals surface area contributed by atoms with Crippen molar-refractivity contribution in [3.63, 3.8) is 0 Å². The summed E-state index contributed by atoms with van der Waals surface area (Å²) >= 11 is 0. The molecule has 8 heteroatoms. The molecule has 1 aliphatic rings. The Balaban J connectivity index is 1.68. The topological polar surface area (TPSA) is 63.2 Å². The molecule has 2 atom stereocenters. The molecule has 0 aromatic carbocycles.